The van der Waals surface area contributed by atoms with Crippen molar-refractivity contribution in [1.29, 1.82) is 0 Å². The fourth-order valence-corrected chi connectivity index (χ4v) is 1.66. The maximum Gasteiger partial charge on any atom is 3.00 e. The van der Waals surface area contributed by atoms with Gasteiger partial charge >= 0.3 is 26.2 Å². The normalized spacial score (nSPS) is 20.3. The van der Waals surface area contributed by atoms with E-state index in [-0.39, 0.29) is 51.0 Å². The molecule has 0 saturated heterocycles. The molecule has 3 heteroatoms. The second kappa shape index (κ2) is 11.6. The van der Waals surface area contributed by atoms with Crippen molar-refractivity contribution in [3.05, 3.63) is 43.4 Å². The van der Waals surface area contributed by atoms with E-state index in [0.717, 1.165) is 5.92 Å². The molecule has 2 aliphatic rings. The van der Waals surface area contributed by atoms with Crippen LogP contribution in [0.1, 0.15) is 19.3 Å². The molecular weight excluding hydrogens is 294 g/mol. The van der Waals surface area contributed by atoms with Gasteiger partial charge in [-0.05, 0) is 12.3 Å². The van der Waals surface area contributed by atoms with Crippen LogP contribution in [0.4, 0.5) is 0 Å². The third kappa shape index (κ3) is 5.44. The molecule has 0 nitrogen and oxygen atoms in total. The van der Waals surface area contributed by atoms with E-state index in [4.69, 9.17) is 0 Å². The molecule has 0 bridgehead atoms. The van der Waals surface area contributed by atoms with Gasteiger partial charge in [-0.2, -0.15) is 0 Å². The van der Waals surface area contributed by atoms with E-state index < -0.39 is 0 Å². The number of allylic oxidation sites excluding steroid dienone is 4. The number of rotatable bonds is 0. The van der Waals surface area contributed by atoms with Gasteiger partial charge in [0.1, 0.15) is 0 Å². The summed E-state index contributed by atoms with van der Waals surface area (Å²) in [5.41, 5.74) is 1.58. The smallest absolute Gasteiger partial charge is 1.00 e. The molecule has 77 valence electrons. The van der Waals surface area contributed by atoms with Gasteiger partial charge in [0.05, 0.1) is 0 Å². The van der Waals surface area contributed by atoms with Gasteiger partial charge in [0.25, 0.3) is 0 Å². The van der Waals surface area contributed by atoms with Gasteiger partial charge in [-0.3, -0.25) is 0 Å². The maximum atomic E-state index is 3.00. The standard InChI is InChI=1S/C9H11.C2H4.2ClH.Zr/c1-2-5-9-7-3-6-8(9)4-1;1-2;;;/h1-2,4,6,9H,3,5,7H2;1-2H2;2*1H;/q-1;;;;+3/p-2. The first-order valence-electron chi connectivity index (χ1n) is 4.17. The minimum Gasteiger partial charge on any atom is -1.00 e. The van der Waals surface area contributed by atoms with Crippen LogP contribution < -0.4 is 24.8 Å². The second-order valence-electron chi connectivity index (χ2n) is 2.81. The average molecular weight is 309 g/mol. The molecule has 2 aliphatic carbocycles. The second-order valence-corrected chi connectivity index (χ2v) is 2.81. The Bertz CT molecular complexity index is 188. The fourth-order valence-electron chi connectivity index (χ4n) is 1.66. The number of halogens is 2. The molecule has 0 N–H and O–H groups in total. The zero-order valence-corrected chi connectivity index (χ0v) is 12.1. The third-order valence-electron chi connectivity index (χ3n) is 2.21. The summed E-state index contributed by atoms with van der Waals surface area (Å²) in [6.45, 7) is 6.00. The maximum absolute atomic E-state index is 3.00. The molecule has 0 heterocycles. The Hall–Kier alpha value is 0.553. The van der Waals surface area contributed by atoms with Crippen molar-refractivity contribution < 1.29 is 51.0 Å². The predicted octanol–water partition coefficient (Wildman–Crippen LogP) is -2.71. The van der Waals surface area contributed by atoms with E-state index in [9.17, 15) is 0 Å². The molecule has 1 unspecified atom stereocenters. The molecule has 1 atom stereocenters. The van der Waals surface area contributed by atoms with E-state index in [0.29, 0.717) is 0 Å². The van der Waals surface area contributed by atoms with Crippen molar-refractivity contribution in [3.63, 3.8) is 0 Å². The molecule has 0 aliphatic heterocycles. The minimum absolute atomic E-state index is 0. The number of hydrogen-bond acceptors (Lipinski definition) is 0. The van der Waals surface area contributed by atoms with Crippen molar-refractivity contribution >= 4 is 0 Å². The summed E-state index contributed by atoms with van der Waals surface area (Å²) in [5, 5.41) is 0. The average Bonchev–Trinajstić information content (AvgIpc) is 2.55. The Balaban J connectivity index is -0.000000229. The summed E-state index contributed by atoms with van der Waals surface area (Å²) in [7, 11) is 0. The van der Waals surface area contributed by atoms with Crippen LogP contribution in [0.5, 0.6) is 0 Å². The molecule has 1 fully saturated rings. The van der Waals surface area contributed by atoms with Gasteiger partial charge in [0, 0.05) is 0 Å². The van der Waals surface area contributed by atoms with E-state index in [1.807, 2.05) is 0 Å². The molecular formula is C11H15Cl2Zr. The molecule has 0 aromatic rings. The first kappa shape index (κ1) is 20.0. The third-order valence-corrected chi connectivity index (χ3v) is 2.21. The summed E-state index contributed by atoms with van der Waals surface area (Å²) in [6.07, 6.45) is 13.0. The van der Waals surface area contributed by atoms with Crippen molar-refractivity contribution in [2.75, 3.05) is 0 Å². The summed E-state index contributed by atoms with van der Waals surface area (Å²) in [5.74, 6) is 0.884. The Morgan fingerprint density at radius 2 is 1.93 bits per heavy atom. The van der Waals surface area contributed by atoms with Crippen molar-refractivity contribution in [2.24, 2.45) is 5.92 Å². The van der Waals surface area contributed by atoms with E-state index in [1.165, 1.54) is 19.3 Å². The Kier molecular flexibility index (Phi) is 16.6. The van der Waals surface area contributed by atoms with Gasteiger partial charge in [-0.15, -0.1) is 31.7 Å². The van der Waals surface area contributed by atoms with Crippen molar-refractivity contribution in [2.45, 2.75) is 19.3 Å². The quantitative estimate of drug-likeness (QED) is 0.337. The molecule has 1 radical (unpaired) electrons. The van der Waals surface area contributed by atoms with Crippen molar-refractivity contribution in [1.82, 2.24) is 0 Å². The minimum atomic E-state index is 0. The topological polar surface area (TPSA) is 0 Å². The largest absolute Gasteiger partial charge is 3.00 e. The summed E-state index contributed by atoms with van der Waals surface area (Å²) >= 11 is 0. The summed E-state index contributed by atoms with van der Waals surface area (Å²) in [6, 6.07) is 0. The van der Waals surface area contributed by atoms with Gasteiger partial charge < -0.3 is 24.8 Å². The summed E-state index contributed by atoms with van der Waals surface area (Å²) in [4.78, 5) is 0. The van der Waals surface area contributed by atoms with Crippen LogP contribution in [0.25, 0.3) is 0 Å². The number of fused-ring (bicyclic) bond motifs is 1. The van der Waals surface area contributed by atoms with E-state index in [1.54, 1.807) is 5.57 Å². The van der Waals surface area contributed by atoms with E-state index >= 15 is 0 Å². The molecule has 0 aromatic heterocycles. The molecule has 0 aromatic carbocycles. The first-order valence-corrected chi connectivity index (χ1v) is 4.17. The van der Waals surface area contributed by atoms with Gasteiger partial charge in [-0.1, -0.05) is 6.42 Å². The van der Waals surface area contributed by atoms with Gasteiger partial charge in [0.15, 0.2) is 0 Å². The fraction of sp³-hybridized carbons (Fsp3) is 0.364. The van der Waals surface area contributed by atoms with Crippen LogP contribution in [-0.4, -0.2) is 0 Å². The van der Waals surface area contributed by atoms with Crippen molar-refractivity contribution in [3.8, 4) is 0 Å². The van der Waals surface area contributed by atoms with Crippen LogP contribution in [0.15, 0.2) is 37.0 Å². The monoisotopic (exact) mass is 307 g/mol. The number of hydrogen-bond donors (Lipinski definition) is 0. The Labute approximate surface area is 119 Å². The van der Waals surface area contributed by atoms with Crippen LogP contribution in [0.3, 0.4) is 0 Å². The molecule has 2 rings (SSSR count). The van der Waals surface area contributed by atoms with Crippen LogP contribution in [0, 0.1) is 12.3 Å². The predicted molar refractivity (Wildman–Crippen MR) is 50.1 cm³/mol. The summed E-state index contributed by atoms with van der Waals surface area (Å²) < 4.78 is 0. The van der Waals surface area contributed by atoms with E-state index in [2.05, 4.69) is 37.8 Å². The molecule has 14 heavy (non-hydrogen) atoms. The van der Waals surface area contributed by atoms with Gasteiger partial charge in [0.2, 0.25) is 0 Å². The van der Waals surface area contributed by atoms with Gasteiger partial charge in [-0.25, -0.2) is 18.1 Å². The molecule has 1 saturated carbocycles. The Morgan fingerprint density at radius 3 is 2.50 bits per heavy atom. The Morgan fingerprint density at radius 1 is 1.29 bits per heavy atom. The molecule has 0 amide bonds. The SMILES string of the molecule is C1=CCC2CC[CH-]C2=C1.C=C.[Cl-].[Cl-].[Zr+3]. The zero-order valence-electron chi connectivity index (χ0n) is 8.18. The van der Waals surface area contributed by atoms with Crippen LogP contribution in [0.2, 0.25) is 0 Å². The van der Waals surface area contributed by atoms with Crippen LogP contribution in [-0.2, 0) is 26.2 Å². The van der Waals surface area contributed by atoms with Crippen LogP contribution >= 0.6 is 0 Å². The zero-order chi connectivity index (χ0) is 8.10. The molecule has 0 spiro atoms. The first-order chi connectivity index (χ1) is 5.47.